The Balaban J connectivity index is 2.86. The van der Waals surface area contributed by atoms with Crippen molar-refractivity contribution in [3.63, 3.8) is 0 Å². The quantitative estimate of drug-likeness (QED) is 0.772. The molecule has 0 aliphatic carbocycles. The molecule has 0 saturated heterocycles. The van der Waals surface area contributed by atoms with E-state index < -0.39 is 12.0 Å². The van der Waals surface area contributed by atoms with Crippen LogP contribution in [0, 0.1) is 0 Å². The minimum absolute atomic E-state index is 0.268. The molecule has 0 saturated carbocycles. The smallest absolute Gasteiger partial charge is 0.325 e. The lowest BCUT2D eigenvalue weighted by molar-refractivity contribution is -0.137. The molecule has 0 aliphatic rings. The first-order valence-electron chi connectivity index (χ1n) is 5.30. The fourth-order valence-corrected chi connectivity index (χ4v) is 1.25. The number of nitrogens with zero attached hydrogens (tertiary/aromatic N) is 3. The number of aryl methyl sites for hydroxylation is 2. The van der Waals surface area contributed by atoms with Crippen LogP contribution in [0.25, 0.3) is 0 Å². The maximum atomic E-state index is 10.6. The minimum Gasteiger partial charge on any atom is -0.480 e. The van der Waals surface area contributed by atoms with Gasteiger partial charge in [-0.2, -0.15) is 5.10 Å². The van der Waals surface area contributed by atoms with Crippen LogP contribution in [0.5, 0.6) is 0 Å². The van der Waals surface area contributed by atoms with Crippen molar-refractivity contribution in [2.45, 2.75) is 39.7 Å². The van der Waals surface area contributed by atoms with E-state index in [9.17, 15) is 4.79 Å². The summed E-state index contributed by atoms with van der Waals surface area (Å²) in [5.41, 5.74) is 1.72. The SMILES string of the molecule is CCc1nnc(NC(C)C(=O)O)nc1CC. The zero-order valence-electron chi connectivity index (χ0n) is 9.69. The van der Waals surface area contributed by atoms with Crippen LogP contribution in [-0.4, -0.2) is 32.3 Å². The molecule has 1 unspecified atom stereocenters. The van der Waals surface area contributed by atoms with Crippen molar-refractivity contribution >= 4 is 11.9 Å². The third-order valence-corrected chi connectivity index (χ3v) is 2.23. The summed E-state index contributed by atoms with van der Waals surface area (Å²) in [5.74, 6) is -0.676. The van der Waals surface area contributed by atoms with E-state index in [1.165, 1.54) is 6.92 Å². The molecule has 2 N–H and O–H groups in total. The van der Waals surface area contributed by atoms with Crippen molar-refractivity contribution in [2.75, 3.05) is 5.32 Å². The summed E-state index contributed by atoms with van der Waals surface area (Å²) in [5, 5.41) is 19.3. The van der Waals surface area contributed by atoms with Crippen LogP contribution in [0.1, 0.15) is 32.2 Å². The maximum Gasteiger partial charge on any atom is 0.325 e. The van der Waals surface area contributed by atoms with Gasteiger partial charge in [-0.15, -0.1) is 5.10 Å². The van der Waals surface area contributed by atoms with Gasteiger partial charge in [-0.1, -0.05) is 13.8 Å². The summed E-state index contributed by atoms with van der Waals surface area (Å²) in [4.78, 5) is 14.9. The van der Waals surface area contributed by atoms with E-state index in [2.05, 4.69) is 20.5 Å². The predicted octanol–water partition coefficient (Wildman–Crippen LogP) is 0.881. The number of aromatic nitrogens is 3. The molecule has 1 heterocycles. The van der Waals surface area contributed by atoms with Crippen LogP contribution >= 0.6 is 0 Å². The predicted molar refractivity (Wildman–Crippen MR) is 59.3 cm³/mol. The summed E-state index contributed by atoms with van der Waals surface area (Å²) in [7, 11) is 0. The molecular formula is C10H16N4O2. The van der Waals surface area contributed by atoms with Crippen LogP contribution < -0.4 is 5.32 Å². The molecule has 0 fully saturated rings. The van der Waals surface area contributed by atoms with Gasteiger partial charge in [0.05, 0.1) is 11.4 Å². The molecule has 88 valence electrons. The first-order chi connectivity index (χ1) is 7.58. The Morgan fingerprint density at radius 3 is 2.44 bits per heavy atom. The Labute approximate surface area is 94.1 Å². The molecule has 1 aromatic heterocycles. The number of nitrogens with one attached hydrogen (secondary N) is 1. The first kappa shape index (κ1) is 12.4. The molecule has 0 spiro atoms. The van der Waals surface area contributed by atoms with Crippen LogP contribution in [0.4, 0.5) is 5.95 Å². The van der Waals surface area contributed by atoms with Crippen molar-refractivity contribution in [1.29, 1.82) is 0 Å². The number of carboxylic acid groups (broad SMARTS) is 1. The molecule has 0 radical (unpaired) electrons. The van der Waals surface area contributed by atoms with Gasteiger partial charge in [0.2, 0.25) is 5.95 Å². The highest BCUT2D eigenvalue weighted by molar-refractivity contribution is 5.75. The van der Waals surface area contributed by atoms with Gasteiger partial charge >= 0.3 is 5.97 Å². The lowest BCUT2D eigenvalue weighted by Gasteiger charge is -2.10. The van der Waals surface area contributed by atoms with Crippen LogP contribution in [-0.2, 0) is 17.6 Å². The summed E-state index contributed by atoms with van der Waals surface area (Å²) in [6.07, 6.45) is 1.53. The highest BCUT2D eigenvalue weighted by Gasteiger charge is 2.13. The van der Waals surface area contributed by atoms with Crippen molar-refractivity contribution < 1.29 is 9.90 Å². The summed E-state index contributed by atoms with van der Waals surface area (Å²) >= 11 is 0. The third-order valence-electron chi connectivity index (χ3n) is 2.23. The zero-order chi connectivity index (χ0) is 12.1. The van der Waals surface area contributed by atoms with Gasteiger partial charge in [-0.05, 0) is 19.8 Å². The van der Waals surface area contributed by atoms with Gasteiger partial charge in [0.15, 0.2) is 0 Å². The fraction of sp³-hybridized carbons (Fsp3) is 0.600. The molecule has 0 amide bonds. The van der Waals surface area contributed by atoms with Crippen LogP contribution in [0.3, 0.4) is 0 Å². The fourth-order valence-electron chi connectivity index (χ4n) is 1.25. The number of anilines is 1. The number of aliphatic carboxylic acids is 1. The Morgan fingerprint density at radius 2 is 1.94 bits per heavy atom. The van der Waals surface area contributed by atoms with E-state index >= 15 is 0 Å². The van der Waals surface area contributed by atoms with Gasteiger partial charge in [0.1, 0.15) is 6.04 Å². The number of hydrogen-bond acceptors (Lipinski definition) is 5. The van der Waals surface area contributed by atoms with Gasteiger partial charge < -0.3 is 10.4 Å². The van der Waals surface area contributed by atoms with E-state index in [1.54, 1.807) is 0 Å². The normalized spacial score (nSPS) is 12.2. The van der Waals surface area contributed by atoms with E-state index in [0.29, 0.717) is 0 Å². The summed E-state index contributed by atoms with van der Waals surface area (Å²) in [6.45, 7) is 5.50. The average molecular weight is 224 g/mol. The topological polar surface area (TPSA) is 88.0 Å². The summed E-state index contributed by atoms with van der Waals surface area (Å²) in [6, 6.07) is -0.723. The number of hydrogen-bond donors (Lipinski definition) is 2. The molecule has 6 nitrogen and oxygen atoms in total. The molecule has 6 heteroatoms. The number of carboxylic acids is 1. The zero-order valence-corrected chi connectivity index (χ0v) is 9.69. The van der Waals surface area contributed by atoms with Gasteiger partial charge in [0.25, 0.3) is 0 Å². The molecular weight excluding hydrogens is 208 g/mol. The van der Waals surface area contributed by atoms with Gasteiger partial charge in [-0.25, -0.2) is 4.98 Å². The van der Waals surface area contributed by atoms with Gasteiger partial charge in [-0.3, -0.25) is 4.79 Å². The van der Waals surface area contributed by atoms with E-state index in [1.807, 2.05) is 13.8 Å². The second-order valence-electron chi connectivity index (χ2n) is 3.44. The molecule has 1 atom stereocenters. The van der Waals surface area contributed by atoms with Crippen molar-refractivity contribution in [2.24, 2.45) is 0 Å². The lowest BCUT2D eigenvalue weighted by atomic mass is 10.2. The van der Waals surface area contributed by atoms with Crippen molar-refractivity contribution in [3.8, 4) is 0 Å². The van der Waals surface area contributed by atoms with Crippen LogP contribution in [0.2, 0.25) is 0 Å². The van der Waals surface area contributed by atoms with E-state index in [4.69, 9.17) is 5.11 Å². The molecule has 0 bridgehead atoms. The highest BCUT2D eigenvalue weighted by atomic mass is 16.4. The largest absolute Gasteiger partial charge is 0.480 e. The lowest BCUT2D eigenvalue weighted by Crippen LogP contribution is -2.27. The average Bonchev–Trinajstić information content (AvgIpc) is 2.28. The number of rotatable bonds is 5. The molecule has 0 aromatic carbocycles. The second-order valence-corrected chi connectivity index (χ2v) is 3.44. The number of carbonyl (C=O) groups is 1. The molecule has 1 rings (SSSR count). The Bertz CT molecular complexity index is 381. The van der Waals surface area contributed by atoms with Crippen molar-refractivity contribution in [1.82, 2.24) is 15.2 Å². The minimum atomic E-state index is -0.943. The van der Waals surface area contributed by atoms with E-state index in [-0.39, 0.29) is 5.95 Å². The standard InChI is InChI=1S/C10H16N4O2/c1-4-7-8(5-2)13-14-10(12-7)11-6(3)9(15)16/h6H,4-5H2,1-3H3,(H,15,16)(H,11,12,14). The monoisotopic (exact) mass is 224 g/mol. The van der Waals surface area contributed by atoms with Crippen LogP contribution in [0.15, 0.2) is 0 Å². The third kappa shape index (κ3) is 2.88. The van der Waals surface area contributed by atoms with Crippen molar-refractivity contribution in [3.05, 3.63) is 11.4 Å². The second kappa shape index (κ2) is 5.39. The van der Waals surface area contributed by atoms with Gasteiger partial charge in [0, 0.05) is 0 Å². The maximum absolute atomic E-state index is 10.6. The molecule has 16 heavy (non-hydrogen) atoms. The molecule has 0 aliphatic heterocycles. The Hall–Kier alpha value is -1.72. The highest BCUT2D eigenvalue weighted by Crippen LogP contribution is 2.07. The summed E-state index contributed by atoms with van der Waals surface area (Å²) < 4.78 is 0. The molecule has 1 aromatic rings. The van der Waals surface area contributed by atoms with E-state index in [0.717, 1.165) is 24.2 Å². The Kier molecular flexibility index (Phi) is 4.16. The Morgan fingerprint density at radius 1 is 1.31 bits per heavy atom. The first-order valence-corrected chi connectivity index (χ1v) is 5.30.